The molecule has 0 atom stereocenters. The van der Waals surface area contributed by atoms with E-state index in [9.17, 15) is 9.18 Å². The number of hydrogen-bond donors (Lipinski definition) is 1. The van der Waals surface area contributed by atoms with Crippen LogP contribution in [0, 0.1) is 5.82 Å². The molecule has 25 heavy (non-hydrogen) atoms. The van der Waals surface area contributed by atoms with Gasteiger partial charge in [0.1, 0.15) is 17.2 Å². The maximum Gasteiger partial charge on any atom is 0.272 e. The van der Waals surface area contributed by atoms with Gasteiger partial charge in [-0.2, -0.15) is 0 Å². The Morgan fingerprint density at radius 3 is 2.56 bits per heavy atom. The maximum atomic E-state index is 13.3. The van der Waals surface area contributed by atoms with Crippen molar-refractivity contribution in [1.29, 1.82) is 0 Å². The maximum absolute atomic E-state index is 13.3. The van der Waals surface area contributed by atoms with Gasteiger partial charge in [-0.25, -0.2) is 4.39 Å². The summed E-state index contributed by atoms with van der Waals surface area (Å²) in [7, 11) is 0. The van der Waals surface area contributed by atoms with E-state index < -0.39 is 5.66 Å². The molecule has 2 aliphatic rings. The van der Waals surface area contributed by atoms with Crippen LogP contribution in [0.4, 0.5) is 4.39 Å². The van der Waals surface area contributed by atoms with Crippen molar-refractivity contribution in [2.45, 2.75) is 25.0 Å². The van der Waals surface area contributed by atoms with E-state index >= 15 is 0 Å². The molecule has 1 N–H and O–H groups in total. The van der Waals surface area contributed by atoms with Crippen molar-refractivity contribution < 1.29 is 9.18 Å². The first-order valence-corrected chi connectivity index (χ1v) is 8.58. The number of amides is 1. The molecule has 0 bridgehead atoms. The summed E-state index contributed by atoms with van der Waals surface area (Å²) in [5.41, 5.74) is 1.87. The van der Waals surface area contributed by atoms with Gasteiger partial charge in [-0.1, -0.05) is 42.5 Å². The van der Waals surface area contributed by atoms with E-state index in [0.717, 1.165) is 43.6 Å². The number of aliphatic imine (C=N–C) groups is 1. The average Bonchev–Trinajstić information content (AvgIpc) is 2.94. The van der Waals surface area contributed by atoms with Crippen LogP contribution >= 0.6 is 0 Å². The number of carbonyl (C=O) groups excluding carboxylic acids is 1. The fraction of sp³-hybridized carbons (Fsp3) is 0.300. The molecule has 1 fully saturated rings. The minimum atomic E-state index is -0.485. The second-order valence-corrected chi connectivity index (χ2v) is 6.72. The van der Waals surface area contributed by atoms with Crippen LogP contribution in [-0.2, 0) is 11.3 Å². The lowest BCUT2D eigenvalue weighted by Crippen LogP contribution is -2.50. The van der Waals surface area contributed by atoms with Gasteiger partial charge in [-0.3, -0.25) is 14.7 Å². The number of halogens is 1. The van der Waals surface area contributed by atoms with Crippen LogP contribution in [0.1, 0.15) is 24.0 Å². The highest BCUT2D eigenvalue weighted by Crippen LogP contribution is 2.29. The molecule has 1 saturated heterocycles. The predicted molar refractivity (Wildman–Crippen MR) is 94.8 cm³/mol. The van der Waals surface area contributed by atoms with Crippen LogP contribution in [0.25, 0.3) is 0 Å². The van der Waals surface area contributed by atoms with Crippen molar-refractivity contribution in [1.82, 2.24) is 10.2 Å². The highest BCUT2D eigenvalue weighted by atomic mass is 19.1. The standard InChI is InChI=1S/C20H20FN3O/c21-17-8-4-5-15(13-17)14-24-11-9-20(10-12-24)22-18(19(25)23-20)16-6-2-1-3-7-16/h1-8,13H,9-12,14H2,(H,23,25). The Bertz CT molecular complexity index is 811. The Kier molecular flexibility index (Phi) is 4.09. The van der Waals surface area contributed by atoms with Gasteiger partial charge in [-0.05, 0) is 17.7 Å². The van der Waals surface area contributed by atoms with E-state index in [4.69, 9.17) is 4.99 Å². The van der Waals surface area contributed by atoms with Gasteiger partial charge in [0.05, 0.1) is 0 Å². The van der Waals surface area contributed by atoms with Gasteiger partial charge in [0.25, 0.3) is 5.91 Å². The van der Waals surface area contributed by atoms with Gasteiger partial charge in [0.2, 0.25) is 0 Å². The SMILES string of the molecule is O=C1NC2(CCN(Cc3cccc(F)c3)CC2)N=C1c1ccccc1. The van der Waals surface area contributed by atoms with Crippen molar-refractivity contribution in [2.75, 3.05) is 13.1 Å². The third-order valence-corrected chi connectivity index (χ3v) is 4.91. The quantitative estimate of drug-likeness (QED) is 0.936. The Balaban J connectivity index is 1.44. The monoisotopic (exact) mass is 337 g/mol. The fourth-order valence-corrected chi connectivity index (χ4v) is 3.57. The van der Waals surface area contributed by atoms with Gasteiger partial charge < -0.3 is 5.32 Å². The molecule has 0 radical (unpaired) electrons. The summed E-state index contributed by atoms with van der Waals surface area (Å²) in [6, 6.07) is 16.3. The zero-order valence-electron chi connectivity index (χ0n) is 13.9. The van der Waals surface area contributed by atoms with Crippen LogP contribution in [0.2, 0.25) is 0 Å². The minimum absolute atomic E-state index is 0.0928. The number of nitrogens with zero attached hydrogens (tertiary/aromatic N) is 2. The van der Waals surface area contributed by atoms with Crippen molar-refractivity contribution in [2.24, 2.45) is 4.99 Å². The molecule has 0 aromatic heterocycles. The zero-order chi connectivity index (χ0) is 17.3. The van der Waals surface area contributed by atoms with E-state index in [1.165, 1.54) is 6.07 Å². The first-order chi connectivity index (χ1) is 12.1. The molecule has 1 spiro atoms. The van der Waals surface area contributed by atoms with Crippen molar-refractivity contribution in [3.05, 3.63) is 71.5 Å². The number of nitrogens with one attached hydrogen (secondary N) is 1. The molecule has 5 heteroatoms. The first-order valence-electron chi connectivity index (χ1n) is 8.58. The number of likely N-dealkylation sites (tertiary alicyclic amines) is 1. The summed E-state index contributed by atoms with van der Waals surface area (Å²) in [5.74, 6) is -0.295. The molecule has 128 valence electrons. The molecule has 0 saturated carbocycles. The van der Waals surface area contributed by atoms with Gasteiger partial charge in [0.15, 0.2) is 0 Å². The van der Waals surface area contributed by atoms with Crippen molar-refractivity contribution in [3.8, 4) is 0 Å². The molecule has 0 aliphatic carbocycles. The number of carbonyl (C=O) groups is 1. The molecule has 2 aromatic carbocycles. The predicted octanol–water partition coefficient (Wildman–Crippen LogP) is 2.74. The summed E-state index contributed by atoms with van der Waals surface area (Å²) < 4.78 is 13.3. The van der Waals surface area contributed by atoms with Crippen molar-refractivity contribution in [3.63, 3.8) is 0 Å². The molecule has 2 heterocycles. The zero-order valence-corrected chi connectivity index (χ0v) is 13.9. The Morgan fingerprint density at radius 1 is 1.08 bits per heavy atom. The fourth-order valence-electron chi connectivity index (χ4n) is 3.57. The number of piperidine rings is 1. The molecule has 4 rings (SSSR count). The average molecular weight is 337 g/mol. The molecule has 2 aromatic rings. The highest BCUT2D eigenvalue weighted by molar-refractivity contribution is 6.46. The molecular formula is C20H20FN3O. The van der Waals surface area contributed by atoms with E-state index in [2.05, 4.69) is 10.2 Å². The number of rotatable bonds is 3. The van der Waals surface area contributed by atoms with Crippen LogP contribution in [0.5, 0.6) is 0 Å². The topological polar surface area (TPSA) is 44.7 Å². The number of benzene rings is 2. The van der Waals surface area contributed by atoms with Gasteiger partial charge in [0, 0.05) is 38.0 Å². The normalized spacial score (nSPS) is 19.7. The van der Waals surface area contributed by atoms with Gasteiger partial charge in [-0.15, -0.1) is 0 Å². The van der Waals surface area contributed by atoms with Crippen LogP contribution in [0.15, 0.2) is 59.6 Å². The van der Waals surface area contributed by atoms with E-state index in [1.807, 2.05) is 36.4 Å². The Hall–Kier alpha value is -2.53. The molecule has 4 nitrogen and oxygen atoms in total. The molecule has 2 aliphatic heterocycles. The first kappa shape index (κ1) is 16.0. The van der Waals surface area contributed by atoms with Crippen LogP contribution in [0.3, 0.4) is 0 Å². The van der Waals surface area contributed by atoms with Crippen molar-refractivity contribution >= 4 is 11.6 Å². The summed E-state index contributed by atoms with van der Waals surface area (Å²) in [6.07, 6.45) is 1.54. The largest absolute Gasteiger partial charge is 0.326 e. The summed E-state index contributed by atoms with van der Waals surface area (Å²) >= 11 is 0. The lowest BCUT2D eigenvalue weighted by molar-refractivity contribution is -0.115. The molecule has 0 unspecified atom stereocenters. The van der Waals surface area contributed by atoms with E-state index in [-0.39, 0.29) is 11.7 Å². The summed E-state index contributed by atoms with van der Waals surface area (Å²) in [6.45, 7) is 2.36. The minimum Gasteiger partial charge on any atom is -0.326 e. The Morgan fingerprint density at radius 2 is 1.84 bits per heavy atom. The lowest BCUT2D eigenvalue weighted by Gasteiger charge is -2.37. The van der Waals surface area contributed by atoms with E-state index in [0.29, 0.717) is 5.71 Å². The summed E-state index contributed by atoms with van der Waals surface area (Å²) in [5, 5.41) is 3.08. The van der Waals surface area contributed by atoms with Crippen LogP contribution < -0.4 is 5.32 Å². The lowest BCUT2D eigenvalue weighted by atomic mass is 9.97. The van der Waals surface area contributed by atoms with E-state index in [1.54, 1.807) is 12.1 Å². The molecule has 1 amide bonds. The summed E-state index contributed by atoms with van der Waals surface area (Å²) in [4.78, 5) is 19.4. The smallest absolute Gasteiger partial charge is 0.272 e. The highest BCUT2D eigenvalue weighted by Gasteiger charge is 2.41. The molecular weight excluding hydrogens is 317 g/mol. The third kappa shape index (κ3) is 3.33. The second kappa shape index (κ2) is 6.41. The second-order valence-electron chi connectivity index (χ2n) is 6.72. The van der Waals surface area contributed by atoms with Crippen LogP contribution in [-0.4, -0.2) is 35.3 Å². The number of hydrogen-bond acceptors (Lipinski definition) is 3. The third-order valence-electron chi connectivity index (χ3n) is 4.91. The Labute approximate surface area is 146 Å². The van der Waals surface area contributed by atoms with Gasteiger partial charge >= 0.3 is 0 Å².